The van der Waals surface area contributed by atoms with E-state index in [1.807, 2.05) is 50.2 Å². The molecule has 2 aromatic heterocycles. The van der Waals surface area contributed by atoms with Crippen LogP contribution in [0.3, 0.4) is 0 Å². The SMILES string of the molecule is CCn1c(CSc2nnc(-c3cccc(N(C)C)c3)n2N)nc2cc(F)ccc21. The van der Waals surface area contributed by atoms with Crippen LogP contribution in [-0.4, -0.2) is 38.5 Å². The van der Waals surface area contributed by atoms with Crippen molar-refractivity contribution in [3.8, 4) is 11.4 Å². The molecule has 0 spiro atoms. The molecule has 2 aromatic carbocycles. The van der Waals surface area contributed by atoms with Crippen LogP contribution in [0.2, 0.25) is 0 Å². The second-order valence-electron chi connectivity index (χ2n) is 6.81. The topological polar surface area (TPSA) is 77.8 Å². The van der Waals surface area contributed by atoms with Gasteiger partial charge in [0.2, 0.25) is 5.16 Å². The van der Waals surface area contributed by atoms with E-state index >= 15 is 0 Å². The standard InChI is InChI=1S/C20H22FN7S/c1-4-27-17-9-8-14(21)11-16(17)23-18(27)12-29-20-25-24-19(28(20)22)13-6-5-7-15(10-13)26(2)3/h5-11H,4,12,22H2,1-3H3. The Kier molecular flexibility index (Phi) is 5.14. The van der Waals surface area contributed by atoms with Gasteiger partial charge in [0.15, 0.2) is 5.82 Å². The van der Waals surface area contributed by atoms with Crippen LogP contribution in [-0.2, 0) is 12.3 Å². The second kappa shape index (κ2) is 7.75. The van der Waals surface area contributed by atoms with Crippen molar-refractivity contribution in [2.24, 2.45) is 0 Å². The van der Waals surface area contributed by atoms with Crippen molar-refractivity contribution in [3.63, 3.8) is 0 Å². The smallest absolute Gasteiger partial charge is 0.210 e. The first kappa shape index (κ1) is 19.3. The van der Waals surface area contributed by atoms with Crippen molar-refractivity contribution in [1.29, 1.82) is 0 Å². The first-order valence-electron chi connectivity index (χ1n) is 9.23. The number of hydrogen-bond donors (Lipinski definition) is 1. The lowest BCUT2D eigenvalue weighted by Crippen LogP contribution is -2.12. The third kappa shape index (κ3) is 3.65. The number of benzene rings is 2. The third-order valence-electron chi connectivity index (χ3n) is 4.72. The second-order valence-corrected chi connectivity index (χ2v) is 7.76. The Morgan fingerprint density at radius 2 is 1.97 bits per heavy atom. The number of thioether (sulfide) groups is 1. The van der Waals surface area contributed by atoms with Crippen LogP contribution in [0.1, 0.15) is 12.7 Å². The largest absolute Gasteiger partial charge is 0.378 e. The molecular weight excluding hydrogens is 389 g/mol. The predicted molar refractivity (Wildman–Crippen MR) is 115 cm³/mol. The van der Waals surface area contributed by atoms with Gasteiger partial charge in [0, 0.05) is 38.0 Å². The molecule has 0 radical (unpaired) electrons. The first-order valence-corrected chi connectivity index (χ1v) is 10.2. The fourth-order valence-corrected chi connectivity index (χ4v) is 4.04. The van der Waals surface area contributed by atoms with Crippen LogP contribution in [0.25, 0.3) is 22.4 Å². The molecule has 0 fully saturated rings. The zero-order valence-electron chi connectivity index (χ0n) is 16.5. The molecule has 0 atom stereocenters. The normalized spacial score (nSPS) is 11.3. The van der Waals surface area contributed by atoms with Crippen LogP contribution in [0.5, 0.6) is 0 Å². The maximum Gasteiger partial charge on any atom is 0.210 e. The van der Waals surface area contributed by atoms with E-state index in [2.05, 4.69) is 19.7 Å². The highest BCUT2D eigenvalue weighted by Gasteiger charge is 2.16. The fourth-order valence-electron chi connectivity index (χ4n) is 3.24. The van der Waals surface area contributed by atoms with Crippen LogP contribution in [0, 0.1) is 5.82 Å². The maximum absolute atomic E-state index is 13.5. The van der Waals surface area contributed by atoms with Crippen molar-refractivity contribution in [1.82, 2.24) is 24.4 Å². The first-order chi connectivity index (χ1) is 14.0. The van der Waals surface area contributed by atoms with Crippen LogP contribution in [0.15, 0.2) is 47.6 Å². The number of anilines is 1. The van der Waals surface area contributed by atoms with Gasteiger partial charge in [0.1, 0.15) is 11.6 Å². The lowest BCUT2D eigenvalue weighted by molar-refractivity contribution is 0.629. The van der Waals surface area contributed by atoms with Gasteiger partial charge in [-0.3, -0.25) is 0 Å². The van der Waals surface area contributed by atoms with E-state index in [1.165, 1.54) is 28.6 Å². The van der Waals surface area contributed by atoms with Gasteiger partial charge in [-0.05, 0) is 31.2 Å². The van der Waals surface area contributed by atoms with Crippen molar-refractivity contribution < 1.29 is 4.39 Å². The summed E-state index contributed by atoms with van der Waals surface area (Å²) >= 11 is 1.45. The highest BCUT2D eigenvalue weighted by molar-refractivity contribution is 7.98. The van der Waals surface area contributed by atoms with E-state index in [9.17, 15) is 4.39 Å². The summed E-state index contributed by atoms with van der Waals surface area (Å²) in [6.45, 7) is 2.79. The molecule has 4 rings (SSSR count). The lowest BCUT2D eigenvalue weighted by Gasteiger charge is -2.13. The lowest BCUT2D eigenvalue weighted by atomic mass is 10.2. The number of aryl methyl sites for hydroxylation is 1. The van der Waals surface area contributed by atoms with Gasteiger partial charge in [-0.15, -0.1) is 10.2 Å². The van der Waals surface area contributed by atoms with Crippen molar-refractivity contribution in [2.75, 3.05) is 24.8 Å². The number of imidazole rings is 1. The van der Waals surface area contributed by atoms with E-state index in [4.69, 9.17) is 5.84 Å². The fraction of sp³-hybridized carbons (Fsp3) is 0.250. The Morgan fingerprint density at radius 3 is 2.72 bits per heavy atom. The molecule has 150 valence electrons. The predicted octanol–water partition coefficient (Wildman–Crippen LogP) is 3.53. The Bertz CT molecular complexity index is 1170. The minimum absolute atomic E-state index is 0.288. The summed E-state index contributed by atoms with van der Waals surface area (Å²) < 4.78 is 17.1. The summed E-state index contributed by atoms with van der Waals surface area (Å²) in [5, 5.41) is 9.11. The average Bonchev–Trinajstić information content (AvgIpc) is 3.25. The molecule has 7 nitrogen and oxygen atoms in total. The molecule has 2 N–H and O–H groups in total. The molecule has 0 aliphatic carbocycles. The van der Waals surface area contributed by atoms with E-state index in [0.717, 1.165) is 29.1 Å². The van der Waals surface area contributed by atoms with Gasteiger partial charge in [-0.2, -0.15) is 0 Å². The van der Waals surface area contributed by atoms with Gasteiger partial charge in [-0.25, -0.2) is 14.1 Å². The molecule has 29 heavy (non-hydrogen) atoms. The minimum atomic E-state index is -0.288. The molecule has 0 aliphatic heterocycles. The quantitative estimate of drug-likeness (QED) is 0.386. The van der Waals surface area contributed by atoms with E-state index in [0.29, 0.717) is 22.3 Å². The zero-order valence-corrected chi connectivity index (χ0v) is 17.3. The zero-order chi connectivity index (χ0) is 20.5. The average molecular weight is 412 g/mol. The van der Waals surface area contributed by atoms with Gasteiger partial charge in [0.05, 0.1) is 16.8 Å². The van der Waals surface area contributed by atoms with E-state index in [-0.39, 0.29) is 5.82 Å². The Morgan fingerprint density at radius 1 is 1.14 bits per heavy atom. The molecule has 0 unspecified atom stereocenters. The number of nitrogen functional groups attached to an aromatic ring is 1. The van der Waals surface area contributed by atoms with Crippen molar-refractivity contribution in [2.45, 2.75) is 24.4 Å². The summed E-state index contributed by atoms with van der Waals surface area (Å²) in [5.41, 5.74) is 3.52. The van der Waals surface area contributed by atoms with Gasteiger partial charge in [0.25, 0.3) is 0 Å². The number of aromatic nitrogens is 5. The summed E-state index contributed by atoms with van der Waals surface area (Å²) in [5.74, 6) is 7.98. The number of halogens is 1. The Hall–Kier alpha value is -3.07. The molecule has 2 heterocycles. The number of hydrogen-bond acceptors (Lipinski definition) is 6. The molecular formula is C20H22FN7S. The summed E-state index contributed by atoms with van der Waals surface area (Å²) in [6.07, 6.45) is 0. The maximum atomic E-state index is 13.5. The molecule has 0 saturated carbocycles. The number of rotatable bonds is 6. The Balaban J connectivity index is 1.59. The molecule has 9 heteroatoms. The van der Waals surface area contributed by atoms with Crippen molar-refractivity contribution in [3.05, 3.63) is 54.1 Å². The highest BCUT2D eigenvalue weighted by atomic mass is 32.2. The summed E-state index contributed by atoms with van der Waals surface area (Å²) in [4.78, 5) is 6.61. The van der Waals surface area contributed by atoms with Gasteiger partial charge < -0.3 is 15.3 Å². The summed E-state index contributed by atoms with van der Waals surface area (Å²) in [6, 6.07) is 12.6. The molecule has 0 amide bonds. The van der Waals surface area contributed by atoms with Crippen LogP contribution in [0.4, 0.5) is 10.1 Å². The van der Waals surface area contributed by atoms with Gasteiger partial charge in [-0.1, -0.05) is 23.9 Å². The number of nitrogens with two attached hydrogens (primary N) is 1. The number of fused-ring (bicyclic) bond motifs is 1. The van der Waals surface area contributed by atoms with Gasteiger partial charge >= 0.3 is 0 Å². The minimum Gasteiger partial charge on any atom is -0.378 e. The Labute approximate surface area is 172 Å². The van der Waals surface area contributed by atoms with E-state index < -0.39 is 0 Å². The number of nitrogens with zero attached hydrogens (tertiary/aromatic N) is 6. The van der Waals surface area contributed by atoms with Crippen molar-refractivity contribution >= 4 is 28.5 Å². The molecule has 4 aromatic rings. The van der Waals surface area contributed by atoms with E-state index in [1.54, 1.807) is 6.07 Å². The summed E-state index contributed by atoms with van der Waals surface area (Å²) in [7, 11) is 3.97. The molecule has 0 saturated heterocycles. The van der Waals surface area contributed by atoms with Crippen LogP contribution >= 0.6 is 11.8 Å². The third-order valence-corrected chi connectivity index (χ3v) is 5.66. The molecule has 0 bridgehead atoms. The highest BCUT2D eigenvalue weighted by Crippen LogP contribution is 2.27. The monoisotopic (exact) mass is 411 g/mol. The molecule has 0 aliphatic rings. The van der Waals surface area contributed by atoms with Crippen LogP contribution < -0.4 is 10.7 Å².